The van der Waals surface area contributed by atoms with Crippen LogP contribution < -0.4 is 0 Å². The van der Waals surface area contributed by atoms with Gasteiger partial charge in [-0.15, -0.1) is 0 Å². The second kappa shape index (κ2) is 7.10. The molecule has 1 amide bonds. The fourth-order valence-electron chi connectivity index (χ4n) is 2.92. The summed E-state index contributed by atoms with van der Waals surface area (Å²) < 4.78 is 0. The second-order valence-electron chi connectivity index (χ2n) is 5.76. The molecule has 116 valence electrons. The van der Waals surface area contributed by atoms with Crippen LogP contribution in [0.5, 0.6) is 0 Å². The molecule has 2 aromatic rings. The number of allylic oxidation sites excluding steroid dienone is 2. The van der Waals surface area contributed by atoms with Crippen molar-refractivity contribution in [2.75, 3.05) is 0 Å². The summed E-state index contributed by atoms with van der Waals surface area (Å²) in [6, 6.07) is 20.4. The SMILES string of the molecule is C[C@H](c1ccccc1)N1C(=O)CCC=C1/C=C\c1ccccc1. The van der Waals surface area contributed by atoms with Crippen molar-refractivity contribution in [3.05, 3.63) is 89.6 Å². The van der Waals surface area contributed by atoms with E-state index >= 15 is 0 Å². The third-order valence-corrected chi connectivity index (χ3v) is 4.17. The molecule has 0 N–H and O–H groups in total. The average molecular weight is 303 g/mol. The highest BCUT2D eigenvalue weighted by molar-refractivity contribution is 5.81. The number of benzene rings is 2. The van der Waals surface area contributed by atoms with Crippen LogP contribution in [-0.4, -0.2) is 10.8 Å². The smallest absolute Gasteiger partial charge is 0.227 e. The third kappa shape index (κ3) is 3.59. The van der Waals surface area contributed by atoms with Crippen LogP contribution in [0, 0.1) is 0 Å². The molecule has 1 atom stereocenters. The number of carbonyl (C=O) groups is 1. The molecule has 0 radical (unpaired) electrons. The highest BCUT2D eigenvalue weighted by atomic mass is 16.2. The number of nitrogens with zero attached hydrogens (tertiary/aromatic N) is 1. The molecule has 0 saturated heterocycles. The van der Waals surface area contributed by atoms with Crippen molar-refractivity contribution >= 4 is 12.0 Å². The zero-order valence-electron chi connectivity index (χ0n) is 13.4. The molecule has 2 nitrogen and oxygen atoms in total. The number of hydrogen-bond donors (Lipinski definition) is 0. The molecular weight excluding hydrogens is 282 g/mol. The first kappa shape index (κ1) is 15.3. The minimum atomic E-state index is 0.0377. The van der Waals surface area contributed by atoms with E-state index in [0.717, 1.165) is 23.2 Å². The summed E-state index contributed by atoms with van der Waals surface area (Å²) in [5.74, 6) is 0.191. The van der Waals surface area contributed by atoms with Crippen LogP contribution in [0.2, 0.25) is 0 Å². The topological polar surface area (TPSA) is 20.3 Å². The quantitative estimate of drug-likeness (QED) is 0.781. The van der Waals surface area contributed by atoms with Crippen LogP contribution in [0.1, 0.15) is 36.9 Å². The Balaban J connectivity index is 1.87. The first-order chi connectivity index (χ1) is 11.3. The van der Waals surface area contributed by atoms with Crippen LogP contribution in [0.4, 0.5) is 0 Å². The Morgan fingerprint density at radius 1 is 0.957 bits per heavy atom. The van der Waals surface area contributed by atoms with Gasteiger partial charge in [-0.3, -0.25) is 4.79 Å². The van der Waals surface area contributed by atoms with Gasteiger partial charge in [0.15, 0.2) is 0 Å². The molecule has 2 heteroatoms. The molecule has 1 heterocycles. The van der Waals surface area contributed by atoms with Gasteiger partial charge in [-0.2, -0.15) is 0 Å². The van der Waals surface area contributed by atoms with Crippen LogP contribution in [0.15, 0.2) is 78.5 Å². The van der Waals surface area contributed by atoms with E-state index in [0.29, 0.717) is 6.42 Å². The first-order valence-electron chi connectivity index (χ1n) is 8.06. The van der Waals surface area contributed by atoms with Gasteiger partial charge in [0.2, 0.25) is 5.91 Å². The summed E-state index contributed by atoms with van der Waals surface area (Å²) in [5.41, 5.74) is 3.28. The number of rotatable bonds is 4. The lowest BCUT2D eigenvalue weighted by Crippen LogP contribution is -2.34. The summed E-state index contributed by atoms with van der Waals surface area (Å²) in [4.78, 5) is 14.4. The van der Waals surface area contributed by atoms with Gasteiger partial charge in [0, 0.05) is 12.1 Å². The number of hydrogen-bond acceptors (Lipinski definition) is 1. The highest BCUT2D eigenvalue weighted by Gasteiger charge is 2.25. The molecule has 1 aliphatic heterocycles. The van der Waals surface area contributed by atoms with Gasteiger partial charge < -0.3 is 4.90 Å². The van der Waals surface area contributed by atoms with Gasteiger partial charge in [-0.1, -0.05) is 72.8 Å². The molecule has 1 aliphatic rings. The van der Waals surface area contributed by atoms with Gasteiger partial charge in [-0.25, -0.2) is 0 Å². The van der Waals surface area contributed by atoms with Gasteiger partial charge in [0.1, 0.15) is 0 Å². The van der Waals surface area contributed by atoms with Gasteiger partial charge in [-0.05, 0) is 30.5 Å². The van der Waals surface area contributed by atoms with E-state index < -0.39 is 0 Å². The largest absolute Gasteiger partial charge is 0.306 e. The van der Waals surface area contributed by atoms with Crippen LogP contribution in [-0.2, 0) is 4.79 Å². The maximum absolute atomic E-state index is 12.5. The molecule has 0 saturated carbocycles. The van der Waals surface area contributed by atoms with Crippen LogP contribution in [0.25, 0.3) is 6.08 Å². The molecule has 3 rings (SSSR count). The molecule has 23 heavy (non-hydrogen) atoms. The minimum absolute atomic E-state index is 0.0377. The van der Waals surface area contributed by atoms with Crippen molar-refractivity contribution in [1.82, 2.24) is 4.90 Å². The molecule has 0 fully saturated rings. The van der Waals surface area contributed by atoms with E-state index in [1.54, 1.807) is 0 Å². The van der Waals surface area contributed by atoms with E-state index in [4.69, 9.17) is 0 Å². The van der Waals surface area contributed by atoms with E-state index in [1.807, 2.05) is 47.4 Å². The zero-order valence-corrected chi connectivity index (χ0v) is 13.4. The number of amides is 1. The first-order valence-corrected chi connectivity index (χ1v) is 8.06. The van der Waals surface area contributed by atoms with Crippen molar-refractivity contribution in [2.45, 2.75) is 25.8 Å². The summed E-state index contributed by atoms with van der Waals surface area (Å²) in [7, 11) is 0. The standard InChI is InChI=1S/C21H21NO/c1-17(19-11-6-3-7-12-19)22-20(13-8-14-21(22)23)16-15-18-9-4-2-5-10-18/h2-7,9-13,15-17H,8,14H2,1H3/b16-15-/t17-/m1/s1. The lowest BCUT2D eigenvalue weighted by Gasteiger charge is -2.33. The van der Waals surface area contributed by atoms with Gasteiger partial charge in [0.25, 0.3) is 0 Å². The summed E-state index contributed by atoms with van der Waals surface area (Å²) in [5, 5.41) is 0. The molecule has 0 aliphatic carbocycles. The van der Waals surface area contributed by atoms with E-state index in [9.17, 15) is 4.79 Å². The highest BCUT2D eigenvalue weighted by Crippen LogP contribution is 2.29. The van der Waals surface area contributed by atoms with E-state index in [-0.39, 0.29) is 11.9 Å². The number of carbonyl (C=O) groups excluding carboxylic acids is 1. The van der Waals surface area contributed by atoms with Crippen molar-refractivity contribution < 1.29 is 4.79 Å². The van der Waals surface area contributed by atoms with Gasteiger partial charge in [0.05, 0.1) is 6.04 Å². The Morgan fingerprint density at radius 3 is 2.30 bits per heavy atom. The Morgan fingerprint density at radius 2 is 1.61 bits per heavy atom. The van der Waals surface area contributed by atoms with Crippen LogP contribution in [0.3, 0.4) is 0 Å². The molecular formula is C21H21NO. The Labute approximate surface area is 137 Å². The fraction of sp³-hybridized carbons (Fsp3) is 0.190. The average Bonchev–Trinajstić information content (AvgIpc) is 2.61. The monoisotopic (exact) mass is 303 g/mol. The Bertz CT molecular complexity index is 716. The molecule has 2 aromatic carbocycles. The second-order valence-corrected chi connectivity index (χ2v) is 5.76. The van der Waals surface area contributed by atoms with Crippen molar-refractivity contribution in [3.8, 4) is 0 Å². The van der Waals surface area contributed by atoms with E-state index in [1.165, 1.54) is 0 Å². The summed E-state index contributed by atoms with van der Waals surface area (Å²) >= 11 is 0. The van der Waals surface area contributed by atoms with Crippen molar-refractivity contribution in [3.63, 3.8) is 0 Å². The minimum Gasteiger partial charge on any atom is -0.306 e. The fourth-order valence-corrected chi connectivity index (χ4v) is 2.92. The Hall–Kier alpha value is -2.61. The Kier molecular flexibility index (Phi) is 4.72. The third-order valence-electron chi connectivity index (χ3n) is 4.17. The van der Waals surface area contributed by atoms with Crippen molar-refractivity contribution in [2.24, 2.45) is 0 Å². The van der Waals surface area contributed by atoms with Crippen LogP contribution >= 0.6 is 0 Å². The molecule has 0 spiro atoms. The zero-order chi connectivity index (χ0) is 16.1. The molecule has 0 bridgehead atoms. The van der Waals surface area contributed by atoms with E-state index in [2.05, 4.69) is 43.3 Å². The van der Waals surface area contributed by atoms with Gasteiger partial charge >= 0.3 is 0 Å². The lowest BCUT2D eigenvalue weighted by molar-refractivity contribution is -0.131. The maximum atomic E-state index is 12.5. The van der Waals surface area contributed by atoms with Crippen molar-refractivity contribution in [1.29, 1.82) is 0 Å². The molecule has 0 unspecified atom stereocenters. The summed E-state index contributed by atoms with van der Waals surface area (Å²) in [6.45, 7) is 2.09. The maximum Gasteiger partial charge on any atom is 0.227 e. The molecule has 0 aromatic heterocycles. The predicted octanol–water partition coefficient (Wildman–Crippen LogP) is 4.97. The summed E-state index contributed by atoms with van der Waals surface area (Å²) in [6.07, 6.45) is 7.66. The lowest BCUT2D eigenvalue weighted by atomic mass is 10.0. The predicted molar refractivity (Wildman–Crippen MR) is 94.5 cm³/mol. The normalized spacial score (nSPS) is 16.5.